The summed E-state index contributed by atoms with van der Waals surface area (Å²) in [6.45, 7) is 2.14. The molecule has 0 radical (unpaired) electrons. The molecule has 0 bridgehead atoms. The number of nitrogens with one attached hydrogen (secondary N) is 1. The average molecular weight is 286 g/mol. The van der Waals surface area contributed by atoms with Gasteiger partial charge in [-0.3, -0.25) is 0 Å². The van der Waals surface area contributed by atoms with Crippen LogP contribution in [0.3, 0.4) is 0 Å². The van der Waals surface area contributed by atoms with E-state index in [0.29, 0.717) is 5.65 Å². The number of H-pyrrole nitrogens is 1. The molecular weight excluding hydrogens is 272 g/mol. The van der Waals surface area contributed by atoms with Crippen LogP contribution < -0.4 is 4.74 Å². The molecule has 2 heterocycles. The molecule has 3 aromatic rings. The summed E-state index contributed by atoms with van der Waals surface area (Å²) in [5, 5.41) is 1.16. The number of imidazole rings is 1. The van der Waals surface area contributed by atoms with Crippen LogP contribution in [0.1, 0.15) is 17.7 Å². The van der Waals surface area contributed by atoms with Crippen LogP contribution in [0.4, 0.5) is 0 Å². The van der Waals surface area contributed by atoms with Crippen molar-refractivity contribution in [2.75, 3.05) is 7.11 Å². The molecule has 0 saturated heterocycles. The fraction of sp³-hybridized carbons (Fsp3) is 0.214. The summed E-state index contributed by atoms with van der Waals surface area (Å²) in [6.07, 6.45) is 3.18. The highest BCUT2D eigenvalue weighted by Gasteiger charge is 2.13. The monoisotopic (exact) mass is 286 g/mol. The van der Waals surface area contributed by atoms with Crippen LogP contribution >= 0.6 is 11.8 Å². The maximum Gasteiger partial charge on any atom is 0.181 e. The summed E-state index contributed by atoms with van der Waals surface area (Å²) in [5.74, 6) is 0.865. The number of aromatic nitrogens is 4. The van der Waals surface area contributed by atoms with E-state index in [-0.39, 0.29) is 5.25 Å². The molecule has 0 aliphatic carbocycles. The fourth-order valence-corrected chi connectivity index (χ4v) is 2.96. The summed E-state index contributed by atoms with van der Waals surface area (Å²) < 4.78 is 5.26. The van der Waals surface area contributed by atoms with Crippen molar-refractivity contribution in [1.29, 1.82) is 0 Å². The number of methoxy groups -OCH3 is 1. The molecule has 5 nitrogen and oxygen atoms in total. The van der Waals surface area contributed by atoms with Crippen molar-refractivity contribution in [3.05, 3.63) is 42.5 Å². The van der Waals surface area contributed by atoms with Crippen LogP contribution in [-0.4, -0.2) is 27.0 Å². The predicted molar refractivity (Wildman–Crippen MR) is 78.9 cm³/mol. The molecule has 102 valence electrons. The number of aromatic amines is 1. The van der Waals surface area contributed by atoms with Gasteiger partial charge in [-0.2, -0.15) is 0 Å². The van der Waals surface area contributed by atoms with Crippen molar-refractivity contribution in [3.8, 4) is 5.75 Å². The van der Waals surface area contributed by atoms with Crippen molar-refractivity contribution >= 4 is 22.9 Å². The Morgan fingerprint density at radius 3 is 3.00 bits per heavy atom. The Bertz CT molecular complexity index is 728. The second-order valence-corrected chi connectivity index (χ2v) is 5.65. The zero-order valence-corrected chi connectivity index (χ0v) is 12.0. The van der Waals surface area contributed by atoms with Gasteiger partial charge in [-0.15, -0.1) is 0 Å². The third-order valence-corrected chi connectivity index (χ3v) is 4.20. The molecular formula is C14H14N4OS. The third kappa shape index (κ3) is 2.46. The van der Waals surface area contributed by atoms with Gasteiger partial charge in [0, 0.05) is 5.25 Å². The minimum atomic E-state index is 0.256. The quantitative estimate of drug-likeness (QED) is 0.589. The Balaban J connectivity index is 1.88. The average Bonchev–Trinajstić information content (AvgIpc) is 2.97. The number of nitrogens with zero attached hydrogens (tertiary/aromatic N) is 3. The maximum atomic E-state index is 5.26. The van der Waals surface area contributed by atoms with Crippen LogP contribution in [-0.2, 0) is 0 Å². The number of hydrogen-bond donors (Lipinski definition) is 1. The van der Waals surface area contributed by atoms with Crippen molar-refractivity contribution in [2.45, 2.75) is 17.2 Å². The molecule has 0 unspecified atom stereocenters. The van der Waals surface area contributed by atoms with Crippen molar-refractivity contribution in [3.63, 3.8) is 0 Å². The molecule has 0 saturated carbocycles. The first kappa shape index (κ1) is 12.9. The van der Waals surface area contributed by atoms with Crippen molar-refractivity contribution < 1.29 is 4.74 Å². The lowest BCUT2D eigenvalue weighted by Gasteiger charge is -2.12. The molecule has 0 amide bonds. The number of benzene rings is 1. The minimum absolute atomic E-state index is 0.256. The van der Waals surface area contributed by atoms with Gasteiger partial charge in [0.2, 0.25) is 0 Å². The summed E-state index contributed by atoms with van der Waals surface area (Å²) in [5.41, 5.74) is 2.77. The predicted octanol–water partition coefficient (Wildman–Crippen LogP) is 3.21. The first-order valence-electron chi connectivity index (χ1n) is 6.22. The van der Waals surface area contributed by atoms with Crippen LogP contribution in [0.2, 0.25) is 0 Å². The molecule has 0 spiro atoms. The van der Waals surface area contributed by atoms with Gasteiger partial charge in [0.25, 0.3) is 0 Å². The Hall–Kier alpha value is -2.08. The van der Waals surface area contributed by atoms with E-state index in [1.807, 2.05) is 18.2 Å². The molecule has 0 fully saturated rings. The number of rotatable bonds is 4. The first-order valence-corrected chi connectivity index (χ1v) is 7.10. The molecule has 0 aliphatic heterocycles. The van der Waals surface area contributed by atoms with Gasteiger partial charge in [-0.05, 0) is 24.6 Å². The van der Waals surface area contributed by atoms with E-state index < -0.39 is 0 Å². The Labute approximate surface area is 120 Å². The van der Waals surface area contributed by atoms with Gasteiger partial charge in [0.05, 0.1) is 13.4 Å². The highest BCUT2D eigenvalue weighted by atomic mass is 32.2. The van der Waals surface area contributed by atoms with E-state index in [2.05, 4.69) is 32.9 Å². The third-order valence-electron chi connectivity index (χ3n) is 3.04. The van der Waals surface area contributed by atoms with Crippen molar-refractivity contribution in [1.82, 2.24) is 19.9 Å². The van der Waals surface area contributed by atoms with E-state index >= 15 is 0 Å². The normalized spacial score (nSPS) is 12.5. The largest absolute Gasteiger partial charge is 0.497 e. The summed E-state index contributed by atoms with van der Waals surface area (Å²) in [7, 11) is 1.68. The fourth-order valence-electron chi connectivity index (χ4n) is 1.96. The SMILES string of the molecule is COc1cccc([C@H](C)Sc2ncnc3nc[nH]c23)c1. The number of hydrogen-bond acceptors (Lipinski definition) is 5. The van der Waals surface area contributed by atoms with Gasteiger partial charge >= 0.3 is 0 Å². The van der Waals surface area contributed by atoms with E-state index in [1.54, 1.807) is 31.5 Å². The van der Waals surface area contributed by atoms with E-state index in [1.165, 1.54) is 5.56 Å². The Morgan fingerprint density at radius 1 is 1.25 bits per heavy atom. The molecule has 1 aromatic carbocycles. The van der Waals surface area contributed by atoms with Gasteiger partial charge in [0.1, 0.15) is 22.6 Å². The number of ether oxygens (including phenoxy) is 1. The second kappa shape index (κ2) is 5.50. The topological polar surface area (TPSA) is 63.7 Å². The lowest BCUT2D eigenvalue weighted by atomic mass is 10.1. The van der Waals surface area contributed by atoms with Crippen LogP contribution in [0.25, 0.3) is 11.2 Å². The molecule has 3 rings (SSSR count). The van der Waals surface area contributed by atoms with Gasteiger partial charge in [0.15, 0.2) is 5.65 Å². The van der Waals surface area contributed by atoms with E-state index in [0.717, 1.165) is 16.3 Å². The first-order chi connectivity index (χ1) is 9.78. The van der Waals surface area contributed by atoms with Crippen LogP contribution in [0.5, 0.6) is 5.75 Å². The van der Waals surface area contributed by atoms with Crippen LogP contribution in [0.15, 0.2) is 41.9 Å². The lowest BCUT2D eigenvalue weighted by molar-refractivity contribution is 0.414. The zero-order valence-electron chi connectivity index (χ0n) is 11.2. The molecule has 0 aliphatic rings. The lowest BCUT2D eigenvalue weighted by Crippen LogP contribution is -1.93. The van der Waals surface area contributed by atoms with E-state index in [9.17, 15) is 0 Å². The van der Waals surface area contributed by atoms with Crippen LogP contribution in [0, 0.1) is 0 Å². The maximum absolute atomic E-state index is 5.26. The zero-order chi connectivity index (χ0) is 13.9. The number of fused-ring (bicyclic) bond motifs is 1. The van der Waals surface area contributed by atoms with Crippen molar-refractivity contribution in [2.24, 2.45) is 0 Å². The van der Waals surface area contributed by atoms with Gasteiger partial charge in [-0.25, -0.2) is 15.0 Å². The standard InChI is InChI=1S/C14H14N4OS/c1-9(10-4-3-5-11(6-10)19-2)20-14-12-13(16-7-15-12)17-8-18-14/h3-9H,1-2H3,(H,15,16,17,18)/t9-/m0/s1. The molecule has 6 heteroatoms. The highest BCUT2D eigenvalue weighted by Crippen LogP contribution is 2.36. The Kier molecular flexibility index (Phi) is 3.56. The van der Waals surface area contributed by atoms with Gasteiger partial charge < -0.3 is 9.72 Å². The molecule has 1 N–H and O–H groups in total. The summed E-state index contributed by atoms with van der Waals surface area (Å²) in [6, 6.07) is 8.07. The van der Waals surface area contributed by atoms with E-state index in [4.69, 9.17) is 4.74 Å². The van der Waals surface area contributed by atoms with Gasteiger partial charge in [-0.1, -0.05) is 23.9 Å². The molecule has 2 aromatic heterocycles. The summed E-state index contributed by atoms with van der Waals surface area (Å²) >= 11 is 1.67. The number of thioether (sulfide) groups is 1. The molecule has 20 heavy (non-hydrogen) atoms. The smallest absolute Gasteiger partial charge is 0.181 e. The minimum Gasteiger partial charge on any atom is -0.497 e. The highest BCUT2D eigenvalue weighted by molar-refractivity contribution is 7.99. The second-order valence-electron chi connectivity index (χ2n) is 4.32. The Morgan fingerprint density at radius 2 is 2.15 bits per heavy atom. The molecule has 1 atom stereocenters. The summed E-state index contributed by atoms with van der Waals surface area (Å²) in [4.78, 5) is 15.7.